The van der Waals surface area contributed by atoms with Gasteiger partial charge in [-0.15, -0.1) is 0 Å². The van der Waals surface area contributed by atoms with E-state index < -0.39 is 18.0 Å². The van der Waals surface area contributed by atoms with Crippen molar-refractivity contribution in [3.63, 3.8) is 0 Å². The molecule has 1 saturated heterocycles. The monoisotopic (exact) mass is 652 g/mol. The molecule has 0 unspecified atom stereocenters. The highest BCUT2D eigenvalue weighted by Crippen LogP contribution is 2.30. The van der Waals surface area contributed by atoms with Crippen LogP contribution in [0.25, 0.3) is 27.7 Å². The molecule has 6 rings (SSSR count). The number of anilines is 3. The number of aryl methyl sites for hydroxylation is 1. The highest BCUT2D eigenvalue weighted by Gasteiger charge is 2.22. The van der Waals surface area contributed by atoms with Crippen molar-refractivity contribution in [2.45, 2.75) is 52.7 Å². The summed E-state index contributed by atoms with van der Waals surface area (Å²) in [6.07, 6.45) is 3.26. The van der Waals surface area contributed by atoms with Crippen LogP contribution in [-0.2, 0) is 19.1 Å². The number of fused-ring (bicyclic) bond motifs is 1. The van der Waals surface area contributed by atoms with Crippen LogP contribution in [0, 0.1) is 5.82 Å². The fourth-order valence-corrected chi connectivity index (χ4v) is 6.13. The molecular formula is C36H41FN8O3. The Balaban J connectivity index is 1.33. The molecule has 1 aliphatic heterocycles. The van der Waals surface area contributed by atoms with Crippen molar-refractivity contribution < 1.29 is 9.50 Å². The normalized spacial score (nSPS) is 14.2. The van der Waals surface area contributed by atoms with Gasteiger partial charge in [0.05, 0.1) is 41.5 Å². The first kappa shape index (κ1) is 33.0. The van der Waals surface area contributed by atoms with Crippen LogP contribution in [0.4, 0.5) is 21.6 Å². The summed E-state index contributed by atoms with van der Waals surface area (Å²) in [5, 5.41) is 22.8. The average molecular weight is 653 g/mol. The van der Waals surface area contributed by atoms with Crippen LogP contribution < -0.4 is 21.3 Å². The second kappa shape index (κ2) is 12.9. The van der Waals surface area contributed by atoms with Crippen LogP contribution in [0.15, 0.2) is 70.5 Å². The second-order valence-electron chi connectivity index (χ2n) is 13.5. The van der Waals surface area contributed by atoms with Crippen molar-refractivity contribution in [1.29, 1.82) is 0 Å². The Hall–Kier alpha value is -4.94. The van der Waals surface area contributed by atoms with Crippen molar-refractivity contribution in [3.8, 4) is 16.9 Å². The number of nitrogens with zero attached hydrogens (tertiary/aromatic N) is 7. The zero-order chi connectivity index (χ0) is 34.3. The van der Waals surface area contributed by atoms with E-state index in [4.69, 9.17) is 0 Å². The predicted octanol–water partition coefficient (Wildman–Crippen LogP) is 4.74. The maximum absolute atomic E-state index is 15.4. The standard InChI is InChI=1S/C36H41FN8O3/c1-22(2)43-12-14-44(15-13-43)25-10-11-32(38-20-25)40-30-18-29(41-42(6)34(30)47)26-8-7-9-31(27(26)21-46)45-35(48)33-23(19-39-45)16-24(17-28(33)37)36(3,4)5/h7-11,16-20,22,46H,12-15,21H2,1-6H3,(H,38,40). The maximum atomic E-state index is 15.4. The number of halogens is 1. The number of rotatable bonds is 7. The summed E-state index contributed by atoms with van der Waals surface area (Å²) in [5.41, 5.74) is 2.15. The van der Waals surface area contributed by atoms with Crippen molar-refractivity contribution >= 4 is 28.0 Å². The first-order valence-electron chi connectivity index (χ1n) is 16.1. The van der Waals surface area contributed by atoms with Crippen LogP contribution in [0.1, 0.15) is 45.7 Å². The minimum Gasteiger partial charge on any atom is -0.392 e. The Kier molecular flexibility index (Phi) is 8.88. The van der Waals surface area contributed by atoms with Gasteiger partial charge in [0.1, 0.15) is 17.3 Å². The summed E-state index contributed by atoms with van der Waals surface area (Å²) in [6.45, 7) is 13.7. The van der Waals surface area contributed by atoms with Crippen LogP contribution in [-0.4, -0.2) is 66.8 Å². The molecule has 0 atom stereocenters. The summed E-state index contributed by atoms with van der Waals surface area (Å²) in [4.78, 5) is 36.1. The van der Waals surface area contributed by atoms with Crippen molar-refractivity contribution in [2.24, 2.45) is 7.05 Å². The lowest BCUT2D eigenvalue weighted by molar-refractivity contribution is 0.209. The van der Waals surface area contributed by atoms with E-state index in [-0.39, 0.29) is 27.7 Å². The number of pyridine rings is 1. The number of benzene rings is 2. The highest BCUT2D eigenvalue weighted by atomic mass is 19.1. The van der Waals surface area contributed by atoms with E-state index >= 15 is 4.39 Å². The molecule has 5 aromatic rings. The number of aromatic nitrogens is 5. The Morgan fingerprint density at radius 3 is 2.38 bits per heavy atom. The van der Waals surface area contributed by atoms with Gasteiger partial charge in [-0.2, -0.15) is 14.9 Å². The summed E-state index contributed by atoms with van der Waals surface area (Å²) >= 11 is 0. The number of aliphatic hydroxyl groups is 1. The lowest BCUT2D eigenvalue weighted by Gasteiger charge is -2.38. The van der Waals surface area contributed by atoms with Gasteiger partial charge >= 0.3 is 0 Å². The number of piperazine rings is 1. The van der Waals surface area contributed by atoms with Gasteiger partial charge in [0.2, 0.25) is 0 Å². The van der Waals surface area contributed by atoms with Crippen LogP contribution in [0.5, 0.6) is 0 Å². The Morgan fingerprint density at radius 2 is 1.73 bits per heavy atom. The molecule has 12 heteroatoms. The zero-order valence-corrected chi connectivity index (χ0v) is 28.2. The lowest BCUT2D eigenvalue weighted by Crippen LogP contribution is -2.48. The second-order valence-corrected chi connectivity index (χ2v) is 13.5. The molecule has 1 aliphatic rings. The molecule has 2 N–H and O–H groups in total. The van der Waals surface area contributed by atoms with Crippen LogP contribution in [0.3, 0.4) is 0 Å². The Bertz CT molecular complexity index is 2090. The molecule has 0 radical (unpaired) electrons. The minimum absolute atomic E-state index is 0.0876. The third-order valence-corrected chi connectivity index (χ3v) is 9.00. The molecule has 3 aromatic heterocycles. The summed E-state index contributed by atoms with van der Waals surface area (Å²) in [5.74, 6) is -0.139. The molecule has 0 spiro atoms. The zero-order valence-electron chi connectivity index (χ0n) is 28.2. The number of aliphatic hydroxyl groups excluding tert-OH is 1. The predicted molar refractivity (Wildman–Crippen MR) is 187 cm³/mol. The molecule has 0 bridgehead atoms. The molecule has 0 aliphatic carbocycles. The SMILES string of the molecule is CC(C)N1CCN(c2ccc(Nc3cc(-c4cccc(-n5ncc6cc(C(C)(C)C)cc(F)c6c5=O)c4CO)nn(C)c3=O)nc2)CC1. The van der Waals surface area contributed by atoms with E-state index in [0.29, 0.717) is 34.1 Å². The van der Waals surface area contributed by atoms with E-state index in [9.17, 15) is 14.7 Å². The minimum atomic E-state index is -0.649. The molecule has 4 heterocycles. The summed E-state index contributed by atoms with van der Waals surface area (Å²) < 4.78 is 17.7. The highest BCUT2D eigenvalue weighted by molar-refractivity contribution is 5.83. The van der Waals surface area contributed by atoms with Crippen molar-refractivity contribution in [3.05, 3.63) is 98.6 Å². The van der Waals surface area contributed by atoms with Gasteiger partial charge in [0.25, 0.3) is 11.1 Å². The van der Waals surface area contributed by atoms with E-state index in [1.54, 1.807) is 36.5 Å². The van der Waals surface area contributed by atoms with Gasteiger partial charge in [0, 0.05) is 55.8 Å². The molecule has 48 heavy (non-hydrogen) atoms. The number of hydrogen-bond donors (Lipinski definition) is 2. The van der Waals surface area contributed by atoms with Gasteiger partial charge in [-0.3, -0.25) is 14.5 Å². The number of hydrogen-bond acceptors (Lipinski definition) is 9. The fraction of sp³-hybridized carbons (Fsp3) is 0.361. The first-order chi connectivity index (χ1) is 22.8. The quantitative estimate of drug-likeness (QED) is 0.257. The average Bonchev–Trinajstić information content (AvgIpc) is 3.06. The largest absolute Gasteiger partial charge is 0.392 e. The van der Waals surface area contributed by atoms with Gasteiger partial charge in [-0.1, -0.05) is 32.9 Å². The molecular weight excluding hydrogens is 611 g/mol. The maximum Gasteiger partial charge on any atom is 0.290 e. The molecule has 0 saturated carbocycles. The van der Waals surface area contributed by atoms with Crippen LogP contribution >= 0.6 is 0 Å². The third-order valence-electron chi connectivity index (χ3n) is 9.00. The fourth-order valence-electron chi connectivity index (χ4n) is 6.13. The van der Waals surface area contributed by atoms with E-state index in [1.165, 1.54) is 24.0 Å². The molecule has 0 amide bonds. The van der Waals surface area contributed by atoms with Gasteiger partial charge in [0.15, 0.2) is 0 Å². The van der Waals surface area contributed by atoms with Crippen molar-refractivity contribution in [1.82, 2.24) is 29.4 Å². The van der Waals surface area contributed by atoms with Gasteiger partial charge in [-0.25, -0.2) is 14.1 Å². The smallest absolute Gasteiger partial charge is 0.290 e. The lowest BCUT2D eigenvalue weighted by atomic mass is 9.86. The van der Waals surface area contributed by atoms with E-state index in [1.807, 2.05) is 32.9 Å². The van der Waals surface area contributed by atoms with E-state index in [2.05, 4.69) is 44.1 Å². The molecule has 2 aromatic carbocycles. The third kappa shape index (κ3) is 6.33. The van der Waals surface area contributed by atoms with Crippen molar-refractivity contribution in [2.75, 3.05) is 36.4 Å². The number of nitrogens with one attached hydrogen (secondary N) is 1. The Morgan fingerprint density at radius 1 is 0.979 bits per heavy atom. The first-order valence-corrected chi connectivity index (χ1v) is 16.1. The molecule has 250 valence electrons. The summed E-state index contributed by atoms with van der Waals surface area (Å²) in [7, 11) is 1.54. The van der Waals surface area contributed by atoms with E-state index in [0.717, 1.165) is 42.1 Å². The Labute approximate surface area is 278 Å². The van der Waals surface area contributed by atoms with Gasteiger partial charge in [-0.05, 0) is 61.2 Å². The van der Waals surface area contributed by atoms with Gasteiger partial charge < -0.3 is 15.3 Å². The molecule has 11 nitrogen and oxygen atoms in total. The topological polar surface area (TPSA) is 121 Å². The molecule has 1 fully saturated rings. The summed E-state index contributed by atoms with van der Waals surface area (Å²) in [6, 6.07) is 14.2. The van der Waals surface area contributed by atoms with Crippen LogP contribution in [0.2, 0.25) is 0 Å².